The smallest absolute Gasteiger partial charge is 0.309 e. The second-order valence-electron chi connectivity index (χ2n) is 3.09. The Hall–Kier alpha value is -1.35. The first-order valence-electron chi connectivity index (χ1n) is 4.20. The molecule has 0 radical (unpaired) electrons. The van der Waals surface area contributed by atoms with Gasteiger partial charge in [-0.15, -0.1) is 0 Å². The van der Waals surface area contributed by atoms with Crippen molar-refractivity contribution in [2.24, 2.45) is 0 Å². The van der Waals surface area contributed by atoms with Crippen molar-refractivity contribution in [3.8, 4) is 0 Å². The van der Waals surface area contributed by atoms with Crippen LogP contribution in [0.4, 0.5) is 0 Å². The molecule has 1 N–H and O–H groups in total. The van der Waals surface area contributed by atoms with E-state index in [1.54, 1.807) is 0 Å². The second kappa shape index (κ2) is 3.18. The summed E-state index contributed by atoms with van der Waals surface area (Å²) in [5, 5.41) is 9.47. The van der Waals surface area contributed by atoms with Crippen LogP contribution in [0.5, 0.6) is 0 Å². The summed E-state index contributed by atoms with van der Waals surface area (Å²) in [7, 11) is 0. The van der Waals surface area contributed by atoms with Gasteiger partial charge in [-0.25, -0.2) is 0 Å². The maximum atomic E-state index is 10.9. The van der Waals surface area contributed by atoms with Crippen molar-refractivity contribution in [1.82, 2.24) is 0 Å². The molecule has 1 aliphatic heterocycles. The van der Waals surface area contributed by atoms with Crippen LogP contribution in [0.2, 0.25) is 0 Å². The molecular weight excluding hydrogens is 168 g/mol. The Bertz CT molecular complexity index is 307. The van der Waals surface area contributed by atoms with Crippen molar-refractivity contribution in [3.63, 3.8) is 0 Å². The molecule has 0 saturated carbocycles. The Morgan fingerprint density at radius 2 is 2.00 bits per heavy atom. The number of hydrogen-bond acceptors (Lipinski definition) is 3. The van der Waals surface area contributed by atoms with Gasteiger partial charge in [-0.3, -0.25) is 4.79 Å². The second-order valence-corrected chi connectivity index (χ2v) is 3.09. The fourth-order valence-electron chi connectivity index (χ4n) is 1.48. The molecule has 1 saturated heterocycles. The third kappa shape index (κ3) is 1.55. The summed E-state index contributed by atoms with van der Waals surface area (Å²) in [6.07, 6.45) is -1.08. The lowest BCUT2D eigenvalue weighted by atomic mass is 10.0. The summed E-state index contributed by atoms with van der Waals surface area (Å²) < 4.78 is 4.97. The van der Waals surface area contributed by atoms with Crippen LogP contribution in [0.15, 0.2) is 30.3 Å². The predicted octanol–water partition coefficient (Wildman–Crippen LogP) is 1.04. The van der Waals surface area contributed by atoms with Crippen molar-refractivity contribution in [2.75, 3.05) is 0 Å². The van der Waals surface area contributed by atoms with Gasteiger partial charge < -0.3 is 9.84 Å². The van der Waals surface area contributed by atoms with E-state index in [4.69, 9.17) is 4.74 Å². The predicted molar refractivity (Wildman–Crippen MR) is 45.9 cm³/mol. The van der Waals surface area contributed by atoms with Crippen LogP contribution in [-0.2, 0) is 9.53 Å². The van der Waals surface area contributed by atoms with E-state index < -0.39 is 12.2 Å². The van der Waals surface area contributed by atoms with Gasteiger partial charge >= 0.3 is 5.97 Å². The van der Waals surface area contributed by atoms with Crippen LogP contribution in [0.3, 0.4) is 0 Å². The molecule has 13 heavy (non-hydrogen) atoms. The molecule has 1 aliphatic rings. The van der Waals surface area contributed by atoms with Crippen LogP contribution in [0, 0.1) is 0 Å². The molecule has 1 fully saturated rings. The van der Waals surface area contributed by atoms with Crippen molar-refractivity contribution < 1.29 is 14.6 Å². The number of aliphatic hydroxyl groups is 1. The summed E-state index contributed by atoms with van der Waals surface area (Å²) in [5.41, 5.74) is 0.848. The molecule has 68 valence electrons. The van der Waals surface area contributed by atoms with Gasteiger partial charge in [0.25, 0.3) is 0 Å². The van der Waals surface area contributed by atoms with E-state index >= 15 is 0 Å². The van der Waals surface area contributed by atoms with Gasteiger partial charge in [-0.05, 0) is 5.56 Å². The monoisotopic (exact) mass is 178 g/mol. The van der Waals surface area contributed by atoms with Gasteiger partial charge in [0.05, 0.1) is 6.42 Å². The van der Waals surface area contributed by atoms with E-state index in [1.807, 2.05) is 30.3 Å². The molecule has 0 unspecified atom stereocenters. The Kier molecular flexibility index (Phi) is 2.02. The van der Waals surface area contributed by atoms with Crippen molar-refractivity contribution in [3.05, 3.63) is 35.9 Å². The number of carbonyl (C=O) groups is 1. The maximum absolute atomic E-state index is 10.9. The highest BCUT2D eigenvalue weighted by atomic mass is 16.6. The van der Waals surface area contributed by atoms with Crippen LogP contribution >= 0.6 is 0 Å². The first kappa shape index (κ1) is 8.26. The largest absolute Gasteiger partial charge is 0.455 e. The van der Waals surface area contributed by atoms with Gasteiger partial charge in [0.1, 0.15) is 6.10 Å². The number of aliphatic hydroxyl groups excluding tert-OH is 1. The molecule has 0 aliphatic carbocycles. The fraction of sp³-hybridized carbons (Fsp3) is 0.300. The highest BCUT2D eigenvalue weighted by molar-refractivity contribution is 5.72. The Morgan fingerprint density at radius 1 is 1.31 bits per heavy atom. The van der Waals surface area contributed by atoms with E-state index in [0.717, 1.165) is 5.56 Å². The highest BCUT2D eigenvalue weighted by Crippen LogP contribution is 2.29. The molecule has 0 amide bonds. The molecular formula is C10H10O3. The van der Waals surface area contributed by atoms with Crippen LogP contribution in [0.25, 0.3) is 0 Å². The molecule has 2 atom stereocenters. The number of carbonyl (C=O) groups excluding carboxylic acids is 1. The Morgan fingerprint density at radius 3 is 2.54 bits per heavy atom. The lowest BCUT2D eigenvalue weighted by Crippen LogP contribution is -2.11. The van der Waals surface area contributed by atoms with Crippen molar-refractivity contribution in [2.45, 2.75) is 18.6 Å². The zero-order valence-corrected chi connectivity index (χ0v) is 7.01. The zero-order chi connectivity index (χ0) is 9.26. The van der Waals surface area contributed by atoms with Gasteiger partial charge in [-0.2, -0.15) is 0 Å². The molecule has 3 heteroatoms. The number of rotatable bonds is 1. The van der Waals surface area contributed by atoms with Crippen molar-refractivity contribution in [1.29, 1.82) is 0 Å². The minimum atomic E-state index is -0.699. The van der Waals surface area contributed by atoms with E-state index in [1.165, 1.54) is 0 Å². The number of benzene rings is 1. The van der Waals surface area contributed by atoms with Crippen LogP contribution < -0.4 is 0 Å². The van der Waals surface area contributed by atoms with Gasteiger partial charge in [0.15, 0.2) is 6.10 Å². The minimum absolute atomic E-state index is 0.0968. The molecule has 2 rings (SSSR count). The van der Waals surface area contributed by atoms with Crippen molar-refractivity contribution >= 4 is 5.97 Å². The lowest BCUT2D eigenvalue weighted by molar-refractivity contribution is -0.142. The molecule has 0 bridgehead atoms. The normalized spacial score (nSPS) is 27.3. The quantitative estimate of drug-likeness (QED) is 0.653. The number of ether oxygens (including phenoxy) is 1. The first-order chi connectivity index (χ1) is 6.27. The average molecular weight is 178 g/mol. The number of esters is 1. The minimum Gasteiger partial charge on any atom is -0.455 e. The molecule has 1 heterocycles. The third-order valence-corrected chi connectivity index (χ3v) is 2.11. The summed E-state index contributed by atoms with van der Waals surface area (Å²) >= 11 is 0. The van der Waals surface area contributed by atoms with E-state index in [-0.39, 0.29) is 12.4 Å². The van der Waals surface area contributed by atoms with E-state index in [2.05, 4.69) is 0 Å². The zero-order valence-electron chi connectivity index (χ0n) is 7.01. The number of cyclic esters (lactones) is 1. The summed E-state index contributed by atoms with van der Waals surface area (Å²) in [4.78, 5) is 10.9. The van der Waals surface area contributed by atoms with E-state index in [9.17, 15) is 9.90 Å². The summed E-state index contributed by atoms with van der Waals surface area (Å²) in [6.45, 7) is 0. The molecule has 0 aromatic heterocycles. The van der Waals surface area contributed by atoms with Gasteiger partial charge in [0.2, 0.25) is 0 Å². The molecule has 1 aromatic rings. The number of hydrogen-bond donors (Lipinski definition) is 1. The Labute approximate surface area is 76.0 Å². The third-order valence-electron chi connectivity index (χ3n) is 2.11. The molecule has 3 nitrogen and oxygen atoms in total. The lowest BCUT2D eigenvalue weighted by Gasteiger charge is -2.12. The van der Waals surface area contributed by atoms with Gasteiger partial charge in [0, 0.05) is 0 Å². The summed E-state index contributed by atoms with van der Waals surface area (Å²) in [5.74, 6) is -0.332. The van der Waals surface area contributed by atoms with Crippen LogP contribution in [0.1, 0.15) is 18.1 Å². The SMILES string of the molecule is O=C1C[C@@H](O)[C@@H](c2ccccc2)O1. The molecule has 0 spiro atoms. The summed E-state index contributed by atoms with van der Waals surface area (Å²) in [6, 6.07) is 9.27. The average Bonchev–Trinajstić information content (AvgIpc) is 2.47. The van der Waals surface area contributed by atoms with Gasteiger partial charge in [-0.1, -0.05) is 30.3 Å². The standard InChI is InChI=1S/C10H10O3/c11-8-6-9(12)13-10(8)7-4-2-1-3-5-7/h1-5,8,10-11H,6H2/t8-,10-/m1/s1. The Balaban J connectivity index is 2.23. The molecule has 1 aromatic carbocycles. The van der Waals surface area contributed by atoms with Crippen LogP contribution in [-0.4, -0.2) is 17.2 Å². The maximum Gasteiger partial charge on any atom is 0.309 e. The first-order valence-corrected chi connectivity index (χ1v) is 4.20. The topological polar surface area (TPSA) is 46.5 Å². The van der Waals surface area contributed by atoms with E-state index in [0.29, 0.717) is 0 Å². The fourth-order valence-corrected chi connectivity index (χ4v) is 1.48. The highest BCUT2D eigenvalue weighted by Gasteiger charge is 2.34.